The fourth-order valence-electron chi connectivity index (χ4n) is 1.34. The van der Waals surface area contributed by atoms with Gasteiger partial charge in [0.1, 0.15) is 0 Å². The Morgan fingerprint density at radius 2 is 1.82 bits per heavy atom. The minimum Gasteiger partial charge on any atom is -0.481 e. The molecule has 0 aliphatic carbocycles. The van der Waals surface area contributed by atoms with E-state index in [1.54, 1.807) is 0 Å². The van der Waals surface area contributed by atoms with Gasteiger partial charge in [-0.1, -0.05) is 12.8 Å². The highest BCUT2D eigenvalue weighted by atomic mass is 16.4. The van der Waals surface area contributed by atoms with Crippen LogP contribution in [0.1, 0.15) is 38.5 Å². The summed E-state index contributed by atoms with van der Waals surface area (Å²) in [6, 6.07) is -0.747. The van der Waals surface area contributed by atoms with E-state index >= 15 is 0 Å². The third-order valence-corrected chi connectivity index (χ3v) is 2.39. The number of unbranched alkanes of at least 4 members (excludes halogenated alkanes) is 3. The van der Waals surface area contributed by atoms with E-state index in [-0.39, 0.29) is 25.4 Å². The Labute approximate surface area is 101 Å². The number of aliphatic hydroxyl groups excluding tert-OH is 1. The molecule has 5 N–H and O–H groups in total. The average Bonchev–Trinajstić information content (AvgIpc) is 2.30. The number of aliphatic hydroxyl groups is 1. The Kier molecular flexibility index (Phi) is 9.37. The number of carboxylic acids is 1. The summed E-state index contributed by atoms with van der Waals surface area (Å²) in [5.41, 5.74) is 5.52. The van der Waals surface area contributed by atoms with E-state index in [0.29, 0.717) is 6.54 Å². The van der Waals surface area contributed by atoms with Gasteiger partial charge in [0.25, 0.3) is 0 Å². The number of carboxylic acid groups (broad SMARTS) is 1. The van der Waals surface area contributed by atoms with Crippen molar-refractivity contribution in [3.63, 3.8) is 0 Å². The second-order valence-corrected chi connectivity index (χ2v) is 3.97. The molecule has 0 aromatic carbocycles. The zero-order valence-corrected chi connectivity index (χ0v) is 10.0. The van der Waals surface area contributed by atoms with Crippen molar-refractivity contribution in [1.29, 1.82) is 0 Å². The smallest absolute Gasteiger partial charge is 0.303 e. The van der Waals surface area contributed by atoms with Gasteiger partial charge in [0, 0.05) is 19.6 Å². The van der Waals surface area contributed by atoms with E-state index in [9.17, 15) is 9.59 Å². The maximum absolute atomic E-state index is 11.4. The monoisotopic (exact) mass is 246 g/mol. The number of hydrogen-bond donors (Lipinski definition) is 4. The molecule has 0 aromatic rings. The molecule has 0 fully saturated rings. The van der Waals surface area contributed by atoms with Crippen LogP contribution in [0.15, 0.2) is 0 Å². The van der Waals surface area contributed by atoms with Crippen molar-refractivity contribution in [3.05, 3.63) is 0 Å². The number of rotatable bonds is 10. The lowest BCUT2D eigenvalue weighted by Crippen LogP contribution is -2.41. The van der Waals surface area contributed by atoms with Crippen LogP contribution in [0.5, 0.6) is 0 Å². The van der Waals surface area contributed by atoms with Crippen molar-refractivity contribution in [1.82, 2.24) is 5.32 Å². The molecule has 1 amide bonds. The SMILES string of the molecule is NC(CCC(=O)O)C(=O)NCCCCCCO. The molecule has 100 valence electrons. The van der Waals surface area contributed by atoms with Crippen LogP contribution >= 0.6 is 0 Å². The van der Waals surface area contributed by atoms with Gasteiger partial charge in [0.05, 0.1) is 6.04 Å². The number of aliphatic carboxylic acids is 1. The van der Waals surface area contributed by atoms with Crippen molar-refractivity contribution >= 4 is 11.9 Å². The predicted molar refractivity (Wildman–Crippen MR) is 63.4 cm³/mol. The normalized spacial score (nSPS) is 12.1. The van der Waals surface area contributed by atoms with Crippen LogP contribution in [0.4, 0.5) is 0 Å². The van der Waals surface area contributed by atoms with Crippen LogP contribution in [-0.2, 0) is 9.59 Å². The summed E-state index contributed by atoms with van der Waals surface area (Å²) in [6.07, 6.45) is 3.59. The minimum atomic E-state index is -0.947. The lowest BCUT2D eigenvalue weighted by Gasteiger charge is -2.10. The molecule has 0 saturated carbocycles. The molecule has 0 heterocycles. The first-order valence-electron chi connectivity index (χ1n) is 5.94. The van der Waals surface area contributed by atoms with Gasteiger partial charge in [-0.2, -0.15) is 0 Å². The number of carbonyl (C=O) groups excluding carboxylic acids is 1. The van der Waals surface area contributed by atoms with Crippen LogP contribution in [0.25, 0.3) is 0 Å². The summed E-state index contributed by atoms with van der Waals surface area (Å²) < 4.78 is 0. The van der Waals surface area contributed by atoms with Gasteiger partial charge in [-0.05, 0) is 19.3 Å². The predicted octanol–water partition coefficient (Wildman–Crippen LogP) is -0.153. The molecule has 0 radical (unpaired) electrons. The molecule has 17 heavy (non-hydrogen) atoms. The zero-order valence-electron chi connectivity index (χ0n) is 10.0. The zero-order chi connectivity index (χ0) is 13.1. The molecular formula is C11H22N2O4. The van der Waals surface area contributed by atoms with Crippen molar-refractivity contribution in [3.8, 4) is 0 Å². The van der Waals surface area contributed by atoms with Crippen LogP contribution in [-0.4, -0.2) is 41.3 Å². The quantitative estimate of drug-likeness (QED) is 0.400. The van der Waals surface area contributed by atoms with Crippen molar-refractivity contribution < 1.29 is 19.8 Å². The van der Waals surface area contributed by atoms with Crippen LogP contribution < -0.4 is 11.1 Å². The Hall–Kier alpha value is -1.14. The van der Waals surface area contributed by atoms with E-state index in [4.69, 9.17) is 15.9 Å². The molecule has 0 saturated heterocycles. The highest BCUT2D eigenvalue weighted by Crippen LogP contribution is 1.98. The van der Waals surface area contributed by atoms with Gasteiger partial charge in [-0.25, -0.2) is 0 Å². The van der Waals surface area contributed by atoms with Crippen molar-refractivity contribution in [2.75, 3.05) is 13.2 Å². The van der Waals surface area contributed by atoms with E-state index in [2.05, 4.69) is 5.32 Å². The molecule has 0 spiro atoms. The van der Waals surface area contributed by atoms with Gasteiger partial charge < -0.3 is 21.3 Å². The number of nitrogens with two attached hydrogens (primary N) is 1. The van der Waals surface area contributed by atoms with Crippen molar-refractivity contribution in [2.24, 2.45) is 5.73 Å². The Balaban J connectivity index is 3.47. The summed E-state index contributed by atoms with van der Waals surface area (Å²) in [6.45, 7) is 0.747. The molecule has 0 bridgehead atoms. The maximum atomic E-state index is 11.4. The molecule has 1 unspecified atom stereocenters. The first kappa shape index (κ1) is 15.9. The summed E-state index contributed by atoms with van der Waals surface area (Å²) in [5, 5.41) is 19.7. The van der Waals surface area contributed by atoms with E-state index in [1.165, 1.54) is 0 Å². The first-order chi connectivity index (χ1) is 8.07. The summed E-state index contributed by atoms with van der Waals surface area (Å²) in [5.74, 6) is -1.24. The van der Waals surface area contributed by atoms with Gasteiger partial charge in [0.15, 0.2) is 0 Å². The Morgan fingerprint density at radius 1 is 1.18 bits per heavy atom. The lowest BCUT2D eigenvalue weighted by molar-refractivity contribution is -0.137. The first-order valence-corrected chi connectivity index (χ1v) is 5.94. The van der Waals surface area contributed by atoms with Gasteiger partial charge in [-0.3, -0.25) is 9.59 Å². The summed E-state index contributed by atoms with van der Waals surface area (Å²) in [7, 11) is 0. The van der Waals surface area contributed by atoms with E-state index in [1.807, 2.05) is 0 Å². The van der Waals surface area contributed by atoms with Crippen LogP contribution in [0, 0.1) is 0 Å². The third kappa shape index (κ3) is 9.77. The average molecular weight is 246 g/mol. The molecule has 6 heteroatoms. The third-order valence-electron chi connectivity index (χ3n) is 2.39. The maximum Gasteiger partial charge on any atom is 0.303 e. The van der Waals surface area contributed by atoms with Crippen molar-refractivity contribution in [2.45, 2.75) is 44.6 Å². The molecule has 1 atom stereocenters. The van der Waals surface area contributed by atoms with Gasteiger partial charge >= 0.3 is 5.97 Å². The lowest BCUT2D eigenvalue weighted by atomic mass is 10.1. The highest BCUT2D eigenvalue weighted by molar-refractivity contribution is 5.82. The highest BCUT2D eigenvalue weighted by Gasteiger charge is 2.13. The Morgan fingerprint density at radius 3 is 2.41 bits per heavy atom. The van der Waals surface area contributed by atoms with Gasteiger partial charge in [0.2, 0.25) is 5.91 Å². The molecular weight excluding hydrogens is 224 g/mol. The molecule has 0 aliphatic heterocycles. The second-order valence-electron chi connectivity index (χ2n) is 3.97. The second kappa shape index (κ2) is 10.0. The summed E-state index contributed by atoms with van der Waals surface area (Å²) >= 11 is 0. The molecule has 0 rings (SSSR count). The fourth-order valence-corrected chi connectivity index (χ4v) is 1.34. The van der Waals surface area contributed by atoms with E-state index in [0.717, 1.165) is 25.7 Å². The number of hydrogen-bond acceptors (Lipinski definition) is 4. The van der Waals surface area contributed by atoms with E-state index < -0.39 is 12.0 Å². The number of nitrogens with one attached hydrogen (secondary N) is 1. The molecule has 6 nitrogen and oxygen atoms in total. The van der Waals surface area contributed by atoms with Crippen LogP contribution in [0.3, 0.4) is 0 Å². The number of carbonyl (C=O) groups is 2. The topological polar surface area (TPSA) is 113 Å². The largest absolute Gasteiger partial charge is 0.481 e. The van der Waals surface area contributed by atoms with Crippen LogP contribution in [0.2, 0.25) is 0 Å². The molecule has 0 aliphatic rings. The number of amides is 1. The Bertz CT molecular complexity index is 234. The minimum absolute atomic E-state index is 0.0922. The summed E-state index contributed by atoms with van der Waals surface area (Å²) in [4.78, 5) is 21.7. The fraction of sp³-hybridized carbons (Fsp3) is 0.818. The van der Waals surface area contributed by atoms with Gasteiger partial charge in [-0.15, -0.1) is 0 Å². The molecule has 0 aromatic heterocycles. The standard InChI is InChI=1S/C11H22N2O4/c12-9(5-6-10(15)16)11(17)13-7-3-1-2-4-8-14/h9,14H,1-8,12H2,(H,13,17)(H,15,16).